The number of nitrogens with zero attached hydrogens (tertiary/aromatic N) is 1. The molecule has 1 aromatic carbocycles. The average molecular weight is 340 g/mol. The second-order valence-corrected chi connectivity index (χ2v) is 7.09. The Hall–Kier alpha value is -0.880. The number of carbonyl (C=O) groups is 1. The first-order valence-electron chi connectivity index (χ1n) is 6.76. The van der Waals surface area contributed by atoms with Crippen molar-refractivity contribution in [3.8, 4) is 0 Å². The summed E-state index contributed by atoms with van der Waals surface area (Å²) in [5.41, 5.74) is 0.942. The minimum absolute atomic E-state index is 0.0320. The van der Waals surface area contributed by atoms with E-state index in [1.807, 2.05) is 18.2 Å². The molecule has 21 heavy (non-hydrogen) atoms. The summed E-state index contributed by atoms with van der Waals surface area (Å²) < 4.78 is 6.19. The Morgan fingerprint density at radius 2 is 2.19 bits per heavy atom. The zero-order valence-electron chi connectivity index (χ0n) is 11.3. The van der Waals surface area contributed by atoms with Gasteiger partial charge < -0.3 is 4.74 Å². The van der Waals surface area contributed by atoms with Gasteiger partial charge in [0.25, 0.3) is 5.91 Å². The highest BCUT2D eigenvalue weighted by Gasteiger charge is 2.34. The van der Waals surface area contributed by atoms with E-state index in [2.05, 4.69) is 0 Å². The molecule has 3 rings (SSSR count). The molecule has 2 fully saturated rings. The maximum absolute atomic E-state index is 12.4. The summed E-state index contributed by atoms with van der Waals surface area (Å²) in [6.45, 7) is 1.34. The van der Waals surface area contributed by atoms with Gasteiger partial charge in [0.15, 0.2) is 0 Å². The summed E-state index contributed by atoms with van der Waals surface area (Å²) in [4.78, 5) is 14.7. The van der Waals surface area contributed by atoms with Crippen molar-refractivity contribution in [3.05, 3.63) is 39.8 Å². The van der Waals surface area contributed by atoms with Crippen molar-refractivity contribution in [2.24, 2.45) is 0 Å². The Morgan fingerprint density at radius 1 is 1.43 bits per heavy atom. The fraction of sp³-hybridized carbons (Fsp3) is 0.333. The molecule has 2 aliphatic rings. The molecule has 6 heteroatoms. The minimum atomic E-state index is -0.0320. The number of hydrogen-bond acceptors (Lipinski definition) is 4. The van der Waals surface area contributed by atoms with Crippen LogP contribution in [0.15, 0.2) is 29.2 Å². The molecule has 0 radical (unpaired) electrons. The second-order valence-electron chi connectivity index (χ2n) is 4.98. The molecule has 1 atom stereocenters. The fourth-order valence-corrected chi connectivity index (χ4v) is 3.76. The van der Waals surface area contributed by atoms with Crippen LogP contribution in [0.25, 0.3) is 6.08 Å². The van der Waals surface area contributed by atoms with Gasteiger partial charge in [0.05, 0.1) is 17.6 Å². The van der Waals surface area contributed by atoms with Crippen molar-refractivity contribution in [1.82, 2.24) is 4.90 Å². The Bertz CT molecular complexity index is 594. The molecular weight excluding hydrogens is 326 g/mol. The number of amides is 1. The minimum Gasteiger partial charge on any atom is -0.376 e. The summed E-state index contributed by atoms with van der Waals surface area (Å²) in [5.74, 6) is -0.0320. The average Bonchev–Trinajstić information content (AvgIpc) is 3.06. The Labute approximate surface area is 138 Å². The van der Waals surface area contributed by atoms with Crippen LogP contribution >= 0.6 is 35.6 Å². The van der Waals surface area contributed by atoms with E-state index < -0.39 is 0 Å². The Balaban J connectivity index is 1.74. The lowest BCUT2D eigenvalue weighted by Gasteiger charge is -2.18. The molecule has 2 saturated heterocycles. The van der Waals surface area contributed by atoms with Gasteiger partial charge in [-0.15, -0.1) is 0 Å². The standard InChI is InChI=1S/C15H14ClNO2S2/c16-11-5-3-10(4-6-11)8-13-14(18)17(15(20)21-13)9-12-2-1-7-19-12/h3-6,8,12H,1-2,7,9H2/b13-8-/t12-/m1/s1. The monoisotopic (exact) mass is 339 g/mol. The van der Waals surface area contributed by atoms with Crippen LogP contribution in [0.1, 0.15) is 18.4 Å². The number of benzene rings is 1. The molecule has 0 bridgehead atoms. The van der Waals surface area contributed by atoms with Crippen LogP contribution in [0, 0.1) is 0 Å². The summed E-state index contributed by atoms with van der Waals surface area (Å²) in [6.07, 6.45) is 4.01. The van der Waals surface area contributed by atoms with E-state index >= 15 is 0 Å². The van der Waals surface area contributed by atoms with E-state index in [0.717, 1.165) is 25.0 Å². The van der Waals surface area contributed by atoms with Crippen molar-refractivity contribution in [2.45, 2.75) is 18.9 Å². The van der Waals surface area contributed by atoms with Gasteiger partial charge in [-0.3, -0.25) is 9.69 Å². The third-order valence-corrected chi connectivity index (χ3v) is 5.08. The van der Waals surface area contributed by atoms with Crippen molar-refractivity contribution in [3.63, 3.8) is 0 Å². The predicted octanol–water partition coefficient (Wildman–Crippen LogP) is 3.72. The molecule has 2 heterocycles. The van der Waals surface area contributed by atoms with Crippen LogP contribution < -0.4 is 0 Å². The van der Waals surface area contributed by atoms with E-state index in [0.29, 0.717) is 20.8 Å². The van der Waals surface area contributed by atoms with Crippen LogP contribution in [0.2, 0.25) is 5.02 Å². The molecule has 3 nitrogen and oxygen atoms in total. The molecular formula is C15H14ClNO2S2. The van der Waals surface area contributed by atoms with Crippen LogP contribution in [0.5, 0.6) is 0 Å². The Kier molecular flexibility index (Phi) is 4.64. The van der Waals surface area contributed by atoms with Gasteiger partial charge in [-0.2, -0.15) is 0 Å². The maximum Gasteiger partial charge on any atom is 0.266 e. The molecule has 0 aromatic heterocycles. The molecule has 0 spiro atoms. The lowest BCUT2D eigenvalue weighted by molar-refractivity contribution is -0.123. The van der Waals surface area contributed by atoms with Gasteiger partial charge >= 0.3 is 0 Å². The number of hydrogen-bond donors (Lipinski definition) is 0. The normalized spacial score (nSPS) is 24.3. The number of thiocarbonyl (C=S) groups is 1. The first-order chi connectivity index (χ1) is 10.1. The second kappa shape index (κ2) is 6.48. The van der Waals surface area contributed by atoms with Crippen molar-refractivity contribution in [2.75, 3.05) is 13.2 Å². The largest absolute Gasteiger partial charge is 0.376 e. The topological polar surface area (TPSA) is 29.5 Å². The molecule has 0 N–H and O–H groups in total. The third kappa shape index (κ3) is 3.48. The molecule has 0 unspecified atom stereocenters. The molecule has 1 aromatic rings. The first-order valence-corrected chi connectivity index (χ1v) is 8.36. The maximum atomic E-state index is 12.4. The van der Waals surface area contributed by atoms with Crippen LogP contribution in [-0.4, -0.2) is 34.4 Å². The SMILES string of the molecule is O=C1/C(=C/c2ccc(Cl)cc2)SC(=S)N1C[C@H]1CCCO1. The van der Waals surface area contributed by atoms with Crippen LogP contribution in [0.3, 0.4) is 0 Å². The van der Waals surface area contributed by atoms with E-state index in [-0.39, 0.29) is 12.0 Å². The fourth-order valence-electron chi connectivity index (χ4n) is 2.36. The van der Waals surface area contributed by atoms with Gasteiger partial charge in [-0.05, 0) is 36.6 Å². The summed E-state index contributed by atoms with van der Waals surface area (Å²) in [5, 5.41) is 0.679. The highest BCUT2D eigenvalue weighted by atomic mass is 35.5. The van der Waals surface area contributed by atoms with E-state index in [9.17, 15) is 4.79 Å². The van der Waals surface area contributed by atoms with E-state index in [4.69, 9.17) is 28.6 Å². The van der Waals surface area contributed by atoms with Gasteiger partial charge in [0.1, 0.15) is 4.32 Å². The lowest BCUT2D eigenvalue weighted by Crippen LogP contribution is -2.35. The van der Waals surface area contributed by atoms with E-state index in [1.54, 1.807) is 17.0 Å². The number of carbonyl (C=O) groups excluding carboxylic acids is 1. The van der Waals surface area contributed by atoms with Crippen LogP contribution in [0.4, 0.5) is 0 Å². The Morgan fingerprint density at radius 3 is 2.86 bits per heavy atom. The quantitative estimate of drug-likeness (QED) is 0.620. The predicted molar refractivity (Wildman–Crippen MR) is 90.3 cm³/mol. The molecule has 0 aliphatic carbocycles. The number of halogens is 1. The smallest absolute Gasteiger partial charge is 0.266 e. The van der Waals surface area contributed by atoms with Gasteiger partial charge in [0, 0.05) is 11.6 Å². The summed E-state index contributed by atoms with van der Waals surface area (Å²) in [7, 11) is 0. The number of rotatable bonds is 3. The molecule has 2 aliphatic heterocycles. The highest BCUT2D eigenvalue weighted by Crippen LogP contribution is 2.33. The molecule has 1 amide bonds. The van der Waals surface area contributed by atoms with E-state index in [1.165, 1.54) is 11.8 Å². The van der Waals surface area contributed by atoms with Crippen LogP contribution in [-0.2, 0) is 9.53 Å². The third-order valence-electron chi connectivity index (χ3n) is 3.45. The van der Waals surface area contributed by atoms with Crippen molar-refractivity contribution in [1.29, 1.82) is 0 Å². The number of ether oxygens (including phenoxy) is 1. The van der Waals surface area contributed by atoms with Crippen molar-refractivity contribution >= 4 is 51.9 Å². The molecule has 0 saturated carbocycles. The zero-order valence-corrected chi connectivity index (χ0v) is 13.6. The summed E-state index contributed by atoms with van der Waals surface area (Å²) >= 11 is 12.5. The van der Waals surface area contributed by atoms with Crippen molar-refractivity contribution < 1.29 is 9.53 Å². The van der Waals surface area contributed by atoms with Gasteiger partial charge in [-0.25, -0.2) is 0 Å². The zero-order chi connectivity index (χ0) is 14.8. The first kappa shape index (κ1) is 15.0. The highest BCUT2D eigenvalue weighted by molar-refractivity contribution is 8.26. The summed E-state index contributed by atoms with van der Waals surface area (Å²) in [6, 6.07) is 7.38. The van der Waals surface area contributed by atoms with Gasteiger partial charge in [-0.1, -0.05) is 47.7 Å². The van der Waals surface area contributed by atoms with Gasteiger partial charge in [0.2, 0.25) is 0 Å². The molecule has 110 valence electrons. The number of thioether (sulfide) groups is 1. The lowest BCUT2D eigenvalue weighted by atomic mass is 10.2.